The number of hydrogen-bond donors (Lipinski definition) is 1. The maximum atomic E-state index is 13.5. The Labute approximate surface area is 119 Å². The average Bonchev–Trinajstić information content (AvgIpc) is 2.46. The van der Waals surface area contributed by atoms with E-state index in [9.17, 15) is 24.1 Å². The van der Waals surface area contributed by atoms with Crippen molar-refractivity contribution in [3.05, 3.63) is 39.7 Å². The van der Waals surface area contributed by atoms with Crippen molar-refractivity contribution in [2.75, 3.05) is 13.1 Å². The van der Waals surface area contributed by atoms with E-state index in [1.165, 1.54) is 11.0 Å². The zero-order chi connectivity index (χ0) is 15.6. The molecule has 0 saturated carbocycles. The van der Waals surface area contributed by atoms with Gasteiger partial charge in [-0.25, -0.2) is 0 Å². The number of nitrogens with zero attached hydrogens (tertiary/aromatic N) is 2. The van der Waals surface area contributed by atoms with Gasteiger partial charge in [0.1, 0.15) is 0 Å². The molecule has 1 N–H and O–H groups in total. The van der Waals surface area contributed by atoms with Crippen LogP contribution in [0.1, 0.15) is 23.2 Å². The molecule has 8 heteroatoms. The van der Waals surface area contributed by atoms with E-state index in [0.29, 0.717) is 12.8 Å². The summed E-state index contributed by atoms with van der Waals surface area (Å²) in [6, 6.07) is 2.99. The van der Waals surface area contributed by atoms with Gasteiger partial charge in [-0.15, -0.1) is 0 Å². The Kier molecular flexibility index (Phi) is 4.15. The number of carboxylic acids is 1. The number of halogens is 1. The van der Waals surface area contributed by atoms with Gasteiger partial charge in [-0.3, -0.25) is 19.7 Å². The predicted octanol–water partition coefficient (Wildman–Crippen LogP) is 1.67. The quantitative estimate of drug-likeness (QED) is 0.675. The van der Waals surface area contributed by atoms with Gasteiger partial charge in [-0.2, -0.15) is 4.39 Å². The zero-order valence-corrected chi connectivity index (χ0v) is 11.0. The summed E-state index contributed by atoms with van der Waals surface area (Å²) in [5.74, 6) is -2.87. The fraction of sp³-hybridized carbons (Fsp3) is 0.385. The summed E-state index contributed by atoms with van der Waals surface area (Å²) in [6.45, 7) is 0.544. The van der Waals surface area contributed by atoms with Gasteiger partial charge < -0.3 is 10.0 Å². The lowest BCUT2D eigenvalue weighted by Gasteiger charge is -2.30. The summed E-state index contributed by atoms with van der Waals surface area (Å²) in [7, 11) is 0. The van der Waals surface area contributed by atoms with Crippen LogP contribution in [0.2, 0.25) is 0 Å². The first-order chi connectivity index (χ1) is 9.90. The highest BCUT2D eigenvalue weighted by Crippen LogP contribution is 2.22. The summed E-state index contributed by atoms with van der Waals surface area (Å²) in [5.41, 5.74) is -0.664. The van der Waals surface area contributed by atoms with Gasteiger partial charge in [0.2, 0.25) is 5.82 Å². The van der Waals surface area contributed by atoms with Gasteiger partial charge in [0.15, 0.2) is 0 Å². The molecule has 1 aliphatic heterocycles. The van der Waals surface area contributed by atoms with Crippen LogP contribution in [0.25, 0.3) is 0 Å². The minimum absolute atomic E-state index is 0.0203. The maximum Gasteiger partial charge on any atom is 0.306 e. The van der Waals surface area contributed by atoms with Crippen molar-refractivity contribution in [1.82, 2.24) is 4.90 Å². The zero-order valence-electron chi connectivity index (χ0n) is 11.0. The van der Waals surface area contributed by atoms with E-state index in [1.54, 1.807) is 0 Å². The number of piperidine rings is 1. The molecule has 1 aliphatic rings. The third-order valence-corrected chi connectivity index (χ3v) is 3.52. The molecule has 1 fully saturated rings. The van der Waals surface area contributed by atoms with Crippen molar-refractivity contribution in [3.63, 3.8) is 0 Å². The van der Waals surface area contributed by atoms with Gasteiger partial charge >= 0.3 is 11.7 Å². The number of amides is 1. The third-order valence-electron chi connectivity index (χ3n) is 3.52. The van der Waals surface area contributed by atoms with Crippen LogP contribution in [0.5, 0.6) is 0 Å². The number of likely N-dealkylation sites (tertiary alicyclic amines) is 1. The topological polar surface area (TPSA) is 101 Å². The number of nitro benzene ring substituents is 1. The highest BCUT2D eigenvalue weighted by atomic mass is 19.1. The minimum Gasteiger partial charge on any atom is -0.481 e. The molecule has 21 heavy (non-hydrogen) atoms. The molecule has 0 bridgehead atoms. The molecule has 0 radical (unpaired) electrons. The molecule has 2 rings (SSSR count). The monoisotopic (exact) mass is 296 g/mol. The highest BCUT2D eigenvalue weighted by molar-refractivity contribution is 5.94. The molecule has 1 heterocycles. The van der Waals surface area contributed by atoms with Gasteiger partial charge in [-0.1, -0.05) is 0 Å². The third kappa shape index (κ3) is 3.15. The van der Waals surface area contributed by atoms with E-state index in [4.69, 9.17) is 5.11 Å². The second-order valence-electron chi connectivity index (χ2n) is 4.83. The van der Waals surface area contributed by atoms with Crippen molar-refractivity contribution in [2.45, 2.75) is 12.8 Å². The van der Waals surface area contributed by atoms with Crippen LogP contribution in [0.3, 0.4) is 0 Å². The summed E-state index contributed by atoms with van der Waals surface area (Å²) >= 11 is 0. The SMILES string of the molecule is O=C(O)C1CCN(C(=O)c2ccc([N+](=O)[O-])c(F)c2)CC1. The summed E-state index contributed by atoms with van der Waals surface area (Å²) in [4.78, 5) is 34.1. The first kappa shape index (κ1) is 14.9. The molecule has 0 aromatic heterocycles. The van der Waals surface area contributed by atoms with Crippen molar-refractivity contribution >= 4 is 17.6 Å². The molecule has 1 saturated heterocycles. The fourth-order valence-corrected chi connectivity index (χ4v) is 2.30. The number of aliphatic carboxylic acids is 1. The number of carboxylic acid groups (broad SMARTS) is 1. The summed E-state index contributed by atoms with van der Waals surface area (Å²) < 4.78 is 13.5. The smallest absolute Gasteiger partial charge is 0.306 e. The molecular formula is C13H13FN2O5. The first-order valence-corrected chi connectivity index (χ1v) is 6.36. The molecule has 1 aromatic rings. The number of nitro groups is 1. The molecular weight excluding hydrogens is 283 g/mol. The van der Waals surface area contributed by atoms with Crippen LogP contribution in [0.4, 0.5) is 10.1 Å². The van der Waals surface area contributed by atoms with Crippen molar-refractivity contribution in [1.29, 1.82) is 0 Å². The maximum absolute atomic E-state index is 13.5. The number of rotatable bonds is 3. The summed E-state index contributed by atoms with van der Waals surface area (Å²) in [6.07, 6.45) is 0.688. The number of carbonyl (C=O) groups is 2. The van der Waals surface area contributed by atoms with Crippen LogP contribution in [0, 0.1) is 21.8 Å². The second-order valence-corrected chi connectivity index (χ2v) is 4.83. The molecule has 0 unspecified atom stereocenters. The Hall–Kier alpha value is -2.51. The predicted molar refractivity (Wildman–Crippen MR) is 69.3 cm³/mol. The Bertz CT molecular complexity index is 596. The van der Waals surface area contributed by atoms with Gasteiger partial charge in [0.25, 0.3) is 5.91 Å². The Morgan fingerprint density at radius 2 is 1.95 bits per heavy atom. The van der Waals surface area contributed by atoms with E-state index >= 15 is 0 Å². The van der Waals surface area contributed by atoms with Gasteiger partial charge in [0, 0.05) is 24.7 Å². The van der Waals surface area contributed by atoms with Gasteiger partial charge in [0.05, 0.1) is 10.8 Å². The molecule has 7 nitrogen and oxygen atoms in total. The number of carbonyl (C=O) groups excluding carboxylic acids is 1. The molecule has 0 aliphatic carbocycles. The van der Waals surface area contributed by atoms with E-state index in [-0.39, 0.29) is 18.7 Å². The molecule has 0 spiro atoms. The number of hydrogen-bond acceptors (Lipinski definition) is 4. The molecule has 0 atom stereocenters. The summed E-state index contributed by atoms with van der Waals surface area (Å²) in [5, 5.41) is 19.4. The van der Waals surface area contributed by atoms with Crippen molar-refractivity contribution in [2.24, 2.45) is 5.92 Å². The molecule has 112 valence electrons. The largest absolute Gasteiger partial charge is 0.481 e. The van der Waals surface area contributed by atoms with E-state index in [1.807, 2.05) is 0 Å². The second kappa shape index (κ2) is 5.86. The Morgan fingerprint density at radius 3 is 2.43 bits per heavy atom. The fourth-order valence-electron chi connectivity index (χ4n) is 2.30. The molecule has 1 aromatic carbocycles. The van der Waals surface area contributed by atoms with E-state index in [2.05, 4.69) is 0 Å². The van der Waals surface area contributed by atoms with Crippen LogP contribution < -0.4 is 0 Å². The lowest BCUT2D eigenvalue weighted by atomic mass is 9.96. The minimum atomic E-state index is -1.06. The Morgan fingerprint density at radius 1 is 1.33 bits per heavy atom. The van der Waals surface area contributed by atoms with Crippen LogP contribution in [-0.2, 0) is 4.79 Å². The van der Waals surface area contributed by atoms with Gasteiger partial charge in [-0.05, 0) is 25.0 Å². The lowest BCUT2D eigenvalue weighted by Crippen LogP contribution is -2.40. The Balaban J connectivity index is 2.09. The van der Waals surface area contributed by atoms with Crippen LogP contribution >= 0.6 is 0 Å². The molecule has 1 amide bonds. The lowest BCUT2D eigenvalue weighted by molar-refractivity contribution is -0.387. The van der Waals surface area contributed by atoms with E-state index < -0.39 is 34.2 Å². The number of benzene rings is 1. The van der Waals surface area contributed by atoms with Crippen molar-refractivity contribution in [3.8, 4) is 0 Å². The van der Waals surface area contributed by atoms with Crippen molar-refractivity contribution < 1.29 is 24.0 Å². The van der Waals surface area contributed by atoms with E-state index in [0.717, 1.165) is 12.1 Å². The average molecular weight is 296 g/mol. The normalized spacial score (nSPS) is 15.8. The van der Waals surface area contributed by atoms with Crippen LogP contribution in [0.15, 0.2) is 18.2 Å². The van der Waals surface area contributed by atoms with Crippen LogP contribution in [-0.4, -0.2) is 39.9 Å². The standard InChI is InChI=1S/C13H13FN2O5/c14-10-7-9(1-2-11(10)16(20)21)12(17)15-5-3-8(4-6-15)13(18)19/h1-2,7-8H,3-6H2,(H,18,19). The highest BCUT2D eigenvalue weighted by Gasteiger charge is 2.28. The first-order valence-electron chi connectivity index (χ1n) is 6.36.